The Kier molecular flexibility index (Phi) is 6.82. The van der Waals surface area contributed by atoms with Crippen LogP contribution in [0.1, 0.15) is 18.9 Å². The Balaban J connectivity index is 2.17. The molecule has 0 heterocycles. The van der Waals surface area contributed by atoms with Crippen molar-refractivity contribution in [3.05, 3.63) is 35.9 Å². The third kappa shape index (κ3) is 6.58. The lowest BCUT2D eigenvalue weighted by atomic mass is 10.2. The van der Waals surface area contributed by atoms with E-state index in [9.17, 15) is 0 Å². The van der Waals surface area contributed by atoms with Crippen LogP contribution in [0.15, 0.2) is 35.3 Å². The predicted molar refractivity (Wildman–Crippen MR) is 70.9 cm³/mol. The van der Waals surface area contributed by atoms with Crippen LogP contribution in [-0.4, -0.2) is 25.7 Å². The topological polar surface area (TPSA) is 59.6 Å². The third-order valence-electron chi connectivity index (χ3n) is 2.25. The van der Waals surface area contributed by atoms with Crippen LogP contribution in [-0.2, 0) is 11.3 Å². The molecule has 0 aliphatic heterocycles. The van der Waals surface area contributed by atoms with Crippen molar-refractivity contribution in [3.63, 3.8) is 0 Å². The summed E-state index contributed by atoms with van der Waals surface area (Å²) in [4.78, 5) is 4.25. The van der Waals surface area contributed by atoms with Crippen LogP contribution in [0.3, 0.4) is 0 Å². The second-order valence-electron chi connectivity index (χ2n) is 3.66. The zero-order chi connectivity index (χ0) is 12.3. The summed E-state index contributed by atoms with van der Waals surface area (Å²) < 4.78 is 5.22. The number of guanidine groups is 1. The zero-order valence-electron chi connectivity index (χ0n) is 10.4. The Bertz CT molecular complexity index is 325. The minimum atomic E-state index is 0.491. The predicted octanol–water partition coefficient (Wildman–Crippen LogP) is 1.52. The average Bonchev–Trinajstić information content (AvgIpc) is 2.37. The molecule has 0 unspecified atom stereocenters. The lowest BCUT2D eigenvalue weighted by Gasteiger charge is -2.05. The molecular weight excluding hydrogens is 214 g/mol. The SMILES string of the molecule is CCOCCCNC(N)=NCc1ccccc1. The Hall–Kier alpha value is -1.55. The van der Waals surface area contributed by atoms with Gasteiger partial charge in [0.2, 0.25) is 0 Å². The van der Waals surface area contributed by atoms with Crippen LogP contribution in [0.2, 0.25) is 0 Å². The van der Waals surface area contributed by atoms with Crippen molar-refractivity contribution in [2.24, 2.45) is 10.7 Å². The van der Waals surface area contributed by atoms with Gasteiger partial charge in [-0.05, 0) is 18.9 Å². The highest BCUT2D eigenvalue weighted by Crippen LogP contribution is 1.99. The lowest BCUT2D eigenvalue weighted by molar-refractivity contribution is 0.145. The highest BCUT2D eigenvalue weighted by atomic mass is 16.5. The monoisotopic (exact) mass is 235 g/mol. The van der Waals surface area contributed by atoms with Gasteiger partial charge in [-0.1, -0.05) is 30.3 Å². The number of rotatable bonds is 7. The quantitative estimate of drug-likeness (QED) is 0.428. The molecule has 0 radical (unpaired) electrons. The molecule has 0 aromatic heterocycles. The van der Waals surface area contributed by atoms with E-state index in [-0.39, 0.29) is 0 Å². The molecule has 0 spiro atoms. The summed E-state index contributed by atoms with van der Waals surface area (Å²) in [6.45, 7) is 4.92. The van der Waals surface area contributed by atoms with Gasteiger partial charge in [0.25, 0.3) is 0 Å². The maximum Gasteiger partial charge on any atom is 0.188 e. The van der Waals surface area contributed by atoms with E-state index < -0.39 is 0 Å². The summed E-state index contributed by atoms with van der Waals surface area (Å²) in [5, 5.41) is 3.06. The Morgan fingerprint density at radius 2 is 2.12 bits per heavy atom. The fourth-order valence-electron chi connectivity index (χ4n) is 1.35. The molecule has 0 aliphatic carbocycles. The van der Waals surface area contributed by atoms with Crippen LogP contribution in [0.4, 0.5) is 0 Å². The highest BCUT2D eigenvalue weighted by molar-refractivity contribution is 5.77. The number of nitrogens with one attached hydrogen (secondary N) is 1. The number of aliphatic imine (C=N–C) groups is 1. The van der Waals surface area contributed by atoms with Gasteiger partial charge in [-0.15, -0.1) is 0 Å². The molecular formula is C13H21N3O. The number of benzene rings is 1. The van der Waals surface area contributed by atoms with Crippen molar-refractivity contribution in [1.29, 1.82) is 0 Å². The molecule has 3 N–H and O–H groups in total. The molecule has 0 fully saturated rings. The number of hydrogen-bond donors (Lipinski definition) is 2. The molecule has 0 aliphatic rings. The van der Waals surface area contributed by atoms with Gasteiger partial charge in [0, 0.05) is 19.8 Å². The molecule has 0 saturated carbocycles. The number of nitrogens with two attached hydrogens (primary N) is 1. The van der Waals surface area contributed by atoms with Gasteiger partial charge in [-0.2, -0.15) is 0 Å². The Morgan fingerprint density at radius 3 is 2.82 bits per heavy atom. The molecule has 0 atom stereocenters. The van der Waals surface area contributed by atoms with Crippen LogP contribution < -0.4 is 11.1 Å². The number of nitrogens with zero attached hydrogens (tertiary/aromatic N) is 1. The van der Waals surface area contributed by atoms with E-state index in [1.807, 2.05) is 37.3 Å². The summed E-state index contributed by atoms with van der Waals surface area (Å²) in [6, 6.07) is 10.0. The summed E-state index contributed by atoms with van der Waals surface area (Å²) in [6.07, 6.45) is 0.940. The second-order valence-corrected chi connectivity index (χ2v) is 3.66. The van der Waals surface area contributed by atoms with Crippen molar-refractivity contribution in [2.75, 3.05) is 19.8 Å². The van der Waals surface area contributed by atoms with Gasteiger partial charge >= 0.3 is 0 Å². The second kappa shape index (κ2) is 8.58. The van der Waals surface area contributed by atoms with E-state index in [4.69, 9.17) is 10.5 Å². The molecule has 1 aromatic carbocycles. The molecule has 1 rings (SSSR count). The zero-order valence-corrected chi connectivity index (χ0v) is 10.4. The summed E-state index contributed by atoms with van der Waals surface area (Å²) >= 11 is 0. The van der Waals surface area contributed by atoms with E-state index in [1.165, 1.54) is 0 Å². The van der Waals surface area contributed by atoms with Crippen LogP contribution in [0, 0.1) is 0 Å². The standard InChI is InChI=1S/C13H21N3O/c1-2-17-10-6-9-15-13(14)16-11-12-7-4-3-5-8-12/h3-5,7-8H,2,6,9-11H2,1H3,(H3,14,15,16). The first-order valence-electron chi connectivity index (χ1n) is 5.98. The molecule has 0 amide bonds. The first-order valence-corrected chi connectivity index (χ1v) is 5.98. The lowest BCUT2D eigenvalue weighted by Crippen LogP contribution is -2.32. The number of ether oxygens (including phenoxy) is 1. The first kappa shape index (κ1) is 13.5. The van der Waals surface area contributed by atoms with E-state index in [1.54, 1.807) is 0 Å². The fourth-order valence-corrected chi connectivity index (χ4v) is 1.35. The van der Waals surface area contributed by atoms with Crippen LogP contribution in [0.5, 0.6) is 0 Å². The Morgan fingerprint density at radius 1 is 1.35 bits per heavy atom. The summed E-state index contributed by atoms with van der Waals surface area (Å²) in [7, 11) is 0. The van der Waals surface area contributed by atoms with Crippen molar-refractivity contribution < 1.29 is 4.74 Å². The van der Waals surface area contributed by atoms with Crippen molar-refractivity contribution in [2.45, 2.75) is 19.9 Å². The molecule has 4 nitrogen and oxygen atoms in total. The fraction of sp³-hybridized carbons (Fsp3) is 0.462. The van der Waals surface area contributed by atoms with Gasteiger partial charge in [-0.25, -0.2) is 4.99 Å². The molecule has 94 valence electrons. The normalized spacial score (nSPS) is 11.5. The maximum absolute atomic E-state index is 5.73. The number of hydrogen-bond acceptors (Lipinski definition) is 2. The molecule has 4 heteroatoms. The van der Waals surface area contributed by atoms with Gasteiger partial charge in [0.15, 0.2) is 5.96 Å². The Labute approximate surface area is 103 Å². The molecule has 17 heavy (non-hydrogen) atoms. The minimum absolute atomic E-state index is 0.491. The summed E-state index contributed by atoms with van der Waals surface area (Å²) in [5.41, 5.74) is 6.89. The van der Waals surface area contributed by atoms with E-state index in [0.717, 1.165) is 31.7 Å². The van der Waals surface area contributed by atoms with Crippen molar-refractivity contribution in [1.82, 2.24) is 5.32 Å². The maximum atomic E-state index is 5.73. The van der Waals surface area contributed by atoms with Crippen molar-refractivity contribution in [3.8, 4) is 0 Å². The minimum Gasteiger partial charge on any atom is -0.382 e. The van der Waals surface area contributed by atoms with Gasteiger partial charge in [0.05, 0.1) is 6.54 Å². The smallest absolute Gasteiger partial charge is 0.188 e. The first-order chi connectivity index (χ1) is 8.33. The van der Waals surface area contributed by atoms with Crippen LogP contribution >= 0.6 is 0 Å². The summed E-state index contributed by atoms with van der Waals surface area (Å²) in [5.74, 6) is 0.491. The van der Waals surface area contributed by atoms with Gasteiger partial charge in [0.1, 0.15) is 0 Å². The van der Waals surface area contributed by atoms with Gasteiger partial charge in [-0.3, -0.25) is 0 Å². The van der Waals surface area contributed by atoms with Gasteiger partial charge < -0.3 is 15.8 Å². The largest absolute Gasteiger partial charge is 0.382 e. The highest BCUT2D eigenvalue weighted by Gasteiger charge is 1.92. The van der Waals surface area contributed by atoms with Crippen molar-refractivity contribution >= 4 is 5.96 Å². The average molecular weight is 235 g/mol. The van der Waals surface area contributed by atoms with Crippen LogP contribution in [0.25, 0.3) is 0 Å². The van der Waals surface area contributed by atoms with E-state index >= 15 is 0 Å². The molecule has 0 saturated heterocycles. The van der Waals surface area contributed by atoms with E-state index in [2.05, 4.69) is 10.3 Å². The molecule has 0 bridgehead atoms. The molecule has 1 aromatic rings. The van der Waals surface area contributed by atoms with E-state index in [0.29, 0.717) is 12.5 Å². The third-order valence-corrected chi connectivity index (χ3v) is 2.25.